The topological polar surface area (TPSA) is 17.1 Å². The number of halogens is 4. The Balaban J connectivity index is 2.05. The first-order chi connectivity index (χ1) is 10.5. The third-order valence-corrected chi connectivity index (χ3v) is 4.25. The number of carbonyl (C=O) groups is 1. The summed E-state index contributed by atoms with van der Waals surface area (Å²) in [5, 5.41) is 1.85. The molecule has 112 valence electrons. The highest BCUT2D eigenvalue weighted by molar-refractivity contribution is 6.42. The summed E-state index contributed by atoms with van der Waals surface area (Å²) in [6, 6.07) is 10.3. The van der Waals surface area contributed by atoms with Crippen LogP contribution in [0, 0.1) is 0 Å². The van der Waals surface area contributed by atoms with Crippen molar-refractivity contribution >= 4 is 64.3 Å². The first-order valence-electron chi connectivity index (χ1n) is 6.26. The highest BCUT2D eigenvalue weighted by atomic mass is 35.5. The van der Waals surface area contributed by atoms with Crippen molar-refractivity contribution in [1.29, 1.82) is 0 Å². The molecule has 2 rings (SSSR count). The van der Waals surface area contributed by atoms with Crippen molar-refractivity contribution in [3.63, 3.8) is 0 Å². The maximum absolute atomic E-state index is 11.8. The molecule has 2 aromatic rings. The molecule has 2 aromatic carbocycles. The van der Waals surface area contributed by atoms with E-state index in [0.29, 0.717) is 20.1 Å². The minimum atomic E-state index is -0.155. The third kappa shape index (κ3) is 4.89. The lowest BCUT2D eigenvalue weighted by atomic mass is 10.1. The fourth-order valence-corrected chi connectivity index (χ4v) is 2.26. The van der Waals surface area contributed by atoms with Gasteiger partial charge in [0.1, 0.15) is 0 Å². The van der Waals surface area contributed by atoms with E-state index in [1.54, 1.807) is 48.6 Å². The molecule has 0 bridgehead atoms. The molecule has 0 saturated carbocycles. The van der Waals surface area contributed by atoms with E-state index in [2.05, 4.69) is 0 Å². The van der Waals surface area contributed by atoms with Gasteiger partial charge in [0.15, 0.2) is 5.78 Å². The summed E-state index contributed by atoms with van der Waals surface area (Å²) in [4.78, 5) is 11.8. The van der Waals surface area contributed by atoms with Gasteiger partial charge in [-0.15, -0.1) is 0 Å². The van der Waals surface area contributed by atoms with Gasteiger partial charge >= 0.3 is 0 Å². The Labute approximate surface area is 148 Å². The van der Waals surface area contributed by atoms with E-state index in [1.807, 2.05) is 0 Å². The molecule has 0 atom stereocenters. The van der Waals surface area contributed by atoms with E-state index < -0.39 is 0 Å². The molecule has 0 amide bonds. The van der Waals surface area contributed by atoms with Crippen molar-refractivity contribution in [2.24, 2.45) is 0 Å². The minimum Gasteiger partial charge on any atom is -0.290 e. The van der Waals surface area contributed by atoms with Gasteiger partial charge in [-0.1, -0.05) is 70.7 Å². The van der Waals surface area contributed by atoms with Crippen molar-refractivity contribution in [1.82, 2.24) is 0 Å². The number of rotatable bonds is 4. The molecule has 0 unspecified atom stereocenters. The van der Waals surface area contributed by atoms with Crippen molar-refractivity contribution < 1.29 is 4.79 Å². The maximum atomic E-state index is 11.8. The highest BCUT2D eigenvalue weighted by Crippen LogP contribution is 2.24. The first-order valence-corrected chi connectivity index (χ1v) is 7.77. The predicted octanol–water partition coefficient (Wildman–Crippen LogP) is 6.60. The molecule has 0 aliphatic heterocycles. The smallest absolute Gasteiger partial charge is 0.178 e. The van der Waals surface area contributed by atoms with Crippen molar-refractivity contribution in [2.75, 3.05) is 0 Å². The summed E-state index contributed by atoms with van der Waals surface area (Å²) >= 11 is 23.5. The van der Waals surface area contributed by atoms with Crippen LogP contribution in [-0.4, -0.2) is 5.78 Å². The molecule has 0 aliphatic carbocycles. The van der Waals surface area contributed by atoms with E-state index in [0.717, 1.165) is 11.1 Å². The summed E-state index contributed by atoms with van der Waals surface area (Å²) in [6.07, 6.45) is 6.24. The van der Waals surface area contributed by atoms with Crippen LogP contribution in [0.25, 0.3) is 12.2 Å². The molecule has 5 heteroatoms. The van der Waals surface area contributed by atoms with Crippen LogP contribution in [0.3, 0.4) is 0 Å². The lowest BCUT2D eigenvalue weighted by Crippen LogP contribution is -1.85. The number of hydrogen-bond acceptors (Lipinski definition) is 1. The molecule has 0 radical (unpaired) electrons. The Morgan fingerprint density at radius 1 is 0.682 bits per heavy atom. The number of carbonyl (C=O) groups excluding carboxylic acids is 1. The van der Waals surface area contributed by atoms with Crippen molar-refractivity contribution in [2.45, 2.75) is 0 Å². The number of benzene rings is 2. The Morgan fingerprint density at radius 3 is 1.45 bits per heavy atom. The van der Waals surface area contributed by atoms with Gasteiger partial charge in [-0.3, -0.25) is 4.79 Å². The van der Waals surface area contributed by atoms with Crippen LogP contribution in [0.1, 0.15) is 11.1 Å². The van der Waals surface area contributed by atoms with E-state index >= 15 is 0 Å². The average molecular weight is 372 g/mol. The fourth-order valence-electron chi connectivity index (χ4n) is 1.64. The number of ketones is 1. The number of allylic oxidation sites excluding steroid dienone is 2. The van der Waals surface area contributed by atoms with E-state index in [1.165, 1.54) is 12.2 Å². The molecule has 0 fully saturated rings. The quantitative estimate of drug-likeness (QED) is 0.553. The van der Waals surface area contributed by atoms with Gasteiger partial charge in [0, 0.05) is 0 Å². The van der Waals surface area contributed by atoms with Gasteiger partial charge < -0.3 is 0 Å². The molecular formula is C17H10Cl4O. The Kier molecular flexibility index (Phi) is 6.10. The van der Waals surface area contributed by atoms with Crippen LogP contribution >= 0.6 is 46.4 Å². The van der Waals surface area contributed by atoms with Crippen LogP contribution in [0.5, 0.6) is 0 Å². The van der Waals surface area contributed by atoms with Gasteiger partial charge in [0.2, 0.25) is 0 Å². The lowest BCUT2D eigenvalue weighted by Gasteiger charge is -1.97. The molecular weight excluding hydrogens is 362 g/mol. The molecule has 0 heterocycles. The summed E-state index contributed by atoms with van der Waals surface area (Å²) < 4.78 is 0. The predicted molar refractivity (Wildman–Crippen MR) is 96.0 cm³/mol. The van der Waals surface area contributed by atoms with Crippen LogP contribution in [0.15, 0.2) is 48.6 Å². The zero-order valence-corrected chi connectivity index (χ0v) is 14.2. The van der Waals surface area contributed by atoms with E-state index in [-0.39, 0.29) is 5.78 Å². The molecule has 1 nitrogen and oxygen atoms in total. The third-order valence-electron chi connectivity index (χ3n) is 2.77. The monoisotopic (exact) mass is 370 g/mol. The highest BCUT2D eigenvalue weighted by Gasteiger charge is 1.99. The maximum Gasteiger partial charge on any atom is 0.178 e. The summed E-state index contributed by atoms with van der Waals surface area (Å²) in [7, 11) is 0. The van der Waals surface area contributed by atoms with E-state index in [9.17, 15) is 4.79 Å². The number of hydrogen-bond donors (Lipinski definition) is 0. The Morgan fingerprint density at radius 2 is 1.09 bits per heavy atom. The van der Waals surface area contributed by atoms with Crippen LogP contribution in [0.4, 0.5) is 0 Å². The van der Waals surface area contributed by atoms with E-state index in [4.69, 9.17) is 46.4 Å². The van der Waals surface area contributed by atoms with Crippen LogP contribution in [-0.2, 0) is 4.79 Å². The van der Waals surface area contributed by atoms with Crippen molar-refractivity contribution in [3.8, 4) is 0 Å². The molecule has 0 N–H and O–H groups in total. The SMILES string of the molecule is O=C(/C=C\c1ccc(Cl)c(Cl)c1)/C=C/c1ccc(Cl)c(Cl)c1. The molecule has 0 saturated heterocycles. The summed E-state index contributed by atoms with van der Waals surface area (Å²) in [6.45, 7) is 0. The summed E-state index contributed by atoms with van der Waals surface area (Å²) in [5.74, 6) is -0.155. The normalized spacial score (nSPS) is 11.5. The van der Waals surface area contributed by atoms with Gasteiger partial charge in [-0.25, -0.2) is 0 Å². The zero-order valence-electron chi connectivity index (χ0n) is 11.2. The van der Waals surface area contributed by atoms with Gasteiger partial charge in [-0.05, 0) is 47.5 Å². The first kappa shape index (κ1) is 17.1. The molecule has 0 aliphatic rings. The minimum absolute atomic E-state index is 0.155. The Hall–Kier alpha value is -1.25. The molecule has 0 spiro atoms. The van der Waals surface area contributed by atoms with Crippen LogP contribution < -0.4 is 0 Å². The lowest BCUT2D eigenvalue weighted by molar-refractivity contribution is -0.110. The fraction of sp³-hybridized carbons (Fsp3) is 0. The van der Waals surface area contributed by atoms with Crippen molar-refractivity contribution in [3.05, 3.63) is 79.8 Å². The second-order valence-electron chi connectivity index (χ2n) is 4.42. The van der Waals surface area contributed by atoms with Gasteiger partial charge in [0.05, 0.1) is 20.1 Å². The Bertz CT molecular complexity index is 700. The summed E-state index contributed by atoms with van der Waals surface area (Å²) in [5.41, 5.74) is 1.59. The van der Waals surface area contributed by atoms with Crippen LogP contribution in [0.2, 0.25) is 20.1 Å². The van der Waals surface area contributed by atoms with Gasteiger partial charge in [-0.2, -0.15) is 0 Å². The second-order valence-corrected chi connectivity index (χ2v) is 6.04. The molecule has 22 heavy (non-hydrogen) atoms. The molecule has 0 aromatic heterocycles. The zero-order chi connectivity index (χ0) is 16.1. The second kappa shape index (κ2) is 7.85. The standard InChI is InChI=1S/C17H10Cl4O/c18-14-7-3-11(9-16(14)20)1-5-13(22)6-2-12-4-8-15(19)17(21)10-12/h1-10H/b5-1-,6-2+. The average Bonchev–Trinajstić information content (AvgIpc) is 2.49. The van der Waals surface area contributed by atoms with Gasteiger partial charge in [0.25, 0.3) is 0 Å². The largest absolute Gasteiger partial charge is 0.290 e.